The molecule has 9 N–H and O–H groups in total. The van der Waals surface area contributed by atoms with Crippen LogP contribution in [0.4, 0.5) is 11.5 Å². The van der Waals surface area contributed by atoms with E-state index < -0.39 is 64.3 Å². The minimum atomic E-state index is -5.76. The SMILES string of the molecule is CCN(CC)c1ccc2cc(/C=C/c3ccc(S(=O)(=O)O)c[n+]3CCCCCC(=O)NCC#Cc3cn([C@H]4C[C@H](O)[C@@H](COP(=O)(O)OP(=O)(O)OP(=O)(O)O)O4)c4ncnc(N)c34)c(=O)oc2c1. The Labute approximate surface area is 393 Å². The number of aliphatic hydroxyl groups excluding tert-OH is 1. The molecular formula is C40H49N7O18P3S+. The predicted molar refractivity (Wildman–Crippen MR) is 246 cm³/mol. The second-order valence-corrected chi connectivity index (χ2v) is 21.1. The van der Waals surface area contributed by atoms with Gasteiger partial charge in [-0.3, -0.25) is 13.9 Å². The summed E-state index contributed by atoms with van der Waals surface area (Å²) in [6, 6.07) is 10.1. The molecule has 0 saturated carbocycles. The van der Waals surface area contributed by atoms with Crippen LogP contribution in [0, 0.1) is 11.8 Å². The van der Waals surface area contributed by atoms with Crippen LogP contribution in [0.3, 0.4) is 0 Å². The molecule has 2 unspecified atom stereocenters. The number of hydrogen-bond donors (Lipinski definition) is 8. The average molecular weight is 1040 g/mol. The highest BCUT2D eigenvalue weighted by molar-refractivity contribution is 7.85. The van der Waals surface area contributed by atoms with Crippen LogP contribution in [0.25, 0.3) is 34.2 Å². The van der Waals surface area contributed by atoms with Gasteiger partial charge >= 0.3 is 29.1 Å². The number of pyridine rings is 1. The number of aryl methyl sites for hydroxylation is 1. The van der Waals surface area contributed by atoms with Crippen LogP contribution in [0.1, 0.15) is 69.0 Å². The van der Waals surface area contributed by atoms with Crippen molar-refractivity contribution in [3.8, 4) is 11.8 Å². The number of phosphoric ester groups is 1. The number of phosphoric acid groups is 3. The number of aliphatic hydroxyl groups is 1. The number of nitrogens with one attached hydrogen (secondary N) is 1. The molecule has 1 aliphatic rings. The maximum absolute atomic E-state index is 12.9. The van der Waals surface area contributed by atoms with Gasteiger partial charge in [-0.25, -0.2) is 28.5 Å². The van der Waals surface area contributed by atoms with Crippen molar-refractivity contribution in [3.63, 3.8) is 0 Å². The smallest absolute Gasteiger partial charge is 0.422 e. The highest BCUT2D eigenvalue weighted by atomic mass is 32.2. The molecule has 1 saturated heterocycles. The van der Waals surface area contributed by atoms with E-state index in [2.05, 4.69) is 45.2 Å². The van der Waals surface area contributed by atoms with Gasteiger partial charge in [0.25, 0.3) is 10.1 Å². The predicted octanol–water partition coefficient (Wildman–Crippen LogP) is 3.39. The third-order valence-corrected chi connectivity index (χ3v) is 15.2. The number of amides is 1. The molecule has 29 heteroatoms. The third-order valence-electron chi connectivity index (χ3n) is 10.5. The fraction of sp³-hybridized carbons (Fsp3) is 0.375. The zero-order valence-corrected chi connectivity index (χ0v) is 40.3. The van der Waals surface area contributed by atoms with Gasteiger partial charge in [-0.2, -0.15) is 21.6 Å². The second-order valence-electron chi connectivity index (χ2n) is 15.3. The number of hydrogen-bond acceptors (Lipinski definition) is 17. The standard InChI is InChI=1S/C40H48N7O18P3S/c1-3-45(4-2)30-14-11-26-19-27(40(50)63-33(26)20-30)12-13-29-15-16-31(69(58,59)60)23-46(29)18-7-5-6-10-35(49)42-17-8-9-28-22-47(39-37(28)38(41)43-25-44-39)36-21-32(48)34(62-36)24-61-67(54,55)65-68(56,57)64-66(51,52)53/h11-16,19-20,22-23,25,32,34,36,48H,3-7,10,17-18,21,24H2,1-2H3,(H7-,41,42,43,44,49,51,52,53,54,55,56,57,58,59,60)/p+1/t32-,34+,36+/m0/s1. The van der Waals surface area contributed by atoms with Crippen LogP contribution < -0.4 is 26.1 Å². The van der Waals surface area contributed by atoms with Gasteiger partial charge in [0.05, 0.1) is 35.8 Å². The van der Waals surface area contributed by atoms with E-state index in [0.717, 1.165) is 24.2 Å². The van der Waals surface area contributed by atoms with Gasteiger partial charge in [0.2, 0.25) is 11.6 Å². The molecule has 25 nitrogen and oxygen atoms in total. The molecule has 69 heavy (non-hydrogen) atoms. The van der Waals surface area contributed by atoms with Crippen molar-refractivity contribution >= 4 is 85.2 Å². The zero-order valence-electron chi connectivity index (χ0n) is 36.8. The van der Waals surface area contributed by atoms with E-state index in [-0.39, 0.29) is 47.2 Å². The van der Waals surface area contributed by atoms with Crippen LogP contribution in [0.5, 0.6) is 0 Å². The number of nitrogen functional groups attached to an aromatic ring is 1. The lowest BCUT2D eigenvalue weighted by molar-refractivity contribution is -0.700. The normalized spacial score (nSPS) is 18.2. The topological polar surface area (TPSA) is 367 Å². The molecule has 0 bridgehead atoms. The van der Waals surface area contributed by atoms with Gasteiger partial charge in [-0.1, -0.05) is 11.8 Å². The lowest BCUT2D eigenvalue weighted by Gasteiger charge is -2.20. The summed E-state index contributed by atoms with van der Waals surface area (Å²) in [4.78, 5) is 72.4. The molecular weight excluding hydrogens is 991 g/mol. The van der Waals surface area contributed by atoms with Gasteiger partial charge in [0.15, 0.2) is 11.1 Å². The first-order valence-corrected chi connectivity index (χ1v) is 26.9. The maximum atomic E-state index is 12.9. The first-order chi connectivity index (χ1) is 32.5. The van der Waals surface area contributed by atoms with Crippen molar-refractivity contribution in [2.45, 2.75) is 75.8 Å². The molecule has 372 valence electrons. The monoisotopic (exact) mass is 1040 g/mol. The highest BCUT2D eigenvalue weighted by Gasteiger charge is 2.43. The van der Waals surface area contributed by atoms with E-state index in [9.17, 15) is 51.1 Å². The molecule has 6 rings (SSSR count). The second kappa shape index (κ2) is 22.3. The Bertz CT molecular complexity index is 3130. The summed E-state index contributed by atoms with van der Waals surface area (Å²) in [6.07, 6.45) is 5.09. The van der Waals surface area contributed by atoms with Gasteiger partial charge in [-0.15, -0.1) is 0 Å². The Morgan fingerprint density at radius 1 is 1.04 bits per heavy atom. The fourth-order valence-electron chi connectivity index (χ4n) is 7.27. The number of aromatic nitrogens is 4. The summed E-state index contributed by atoms with van der Waals surface area (Å²) in [6.45, 7) is 5.00. The Hall–Kier alpha value is -5.19. The zero-order chi connectivity index (χ0) is 50.3. The Kier molecular flexibility index (Phi) is 17.2. The Morgan fingerprint density at radius 3 is 2.51 bits per heavy atom. The van der Waals surface area contributed by atoms with E-state index >= 15 is 0 Å². The quantitative estimate of drug-likeness (QED) is 0.0130. The minimum Gasteiger partial charge on any atom is -0.422 e. The molecule has 5 heterocycles. The van der Waals surface area contributed by atoms with E-state index in [4.69, 9.17) is 24.7 Å². The summed E-state index contributed by atoms with van der Waals surface area (Å²) < 4.78 is 94.9. The highest BCUT2D eigenvalue weighted by Crippen LogP contribution is 2.66. The lowest BCUT2D eigenvalue weighted by Crippen LogP contribution is -2.37. The van der Waals surface area contributed by atoms with Crippen LogP contribution in [-0.4, -0.2) is 96.5 Å². The molecule has 0 spiro atoms. The maximum Gasteiger partial charge on any atom is 0.490 e. The number of anilines is 2. The van der Waals surface area contributed by atoms with Crippen molar-refractivity contribution in [3.05, 3.63) is 82.4 Å². The number of ether oxygens (including phenoxy) is 1. The molecule has 0 aliphatic carbocycles. The summed E-state index contributed by atoms with van der Waals surface area (Å²) in [7, 11) is -21.4. The van der Waals surface area contributed by atoms with Crippen molar-refractivity contribution in [1.29, 1.82) is 0 Å². The number of nitrogens with zero attached hydrogens (tertiary/aromatic N) is 5. The fourth-order valence-corrected chi connectivity index (χ4v) is 10.8. The number of carbonyl (C=O) groups is 1. The minimum absolute atomic E-state index is 0.0443. The molecule has 0 radical (unpaired) electrons. The van der Waals surface area contributed by atoms with E-state index in [0.29, 0.717) is 48.0 Å². The van der Waals surface area contributed by atoms with E-state index in [1.54, 1.807) is 22.8 Å². The Balaban J connectivity index is 1.02. The number of rotatable bonds is 21. The number of unbranched alkanes of at least 4 members (excludes halogenated alkanes) is 2. The van der Waals surface area contributed by atoms with Crippen molar-refractivity contribution in [1.82, 2.24) is 19.9 Å². The molecule has 1 aromatic carbocycles. The molecule has 5 aromatic rings. The molecule has 4 aromatic heterocycles. The Morgan fingerprint density at radius 2 is 1.80 bits per heavy atom. The van der Waals surface area contributed by atoms with Crippen LogP contribution in [0.2, 0.25) is 0 Å². The number of benzene rings is 1. The first-order valence-electron chi connectivity index (χ1n) is 21.0. The summed E-state index contributed by atoms with van der Waals surface area (Å²) in [5.41, 5.74) is 8.34. The number of fused-ring (bicyclic) bond motifs is 2. The van der Waals surface area contributed by atoms with Gasteiger partial charge in [0.1, 0.15) is 42.3 Å². The van der Waals surface area contributed by atoms with Gasteiger partial charge < -0.3 is 54.4 Å². The van der Waals surface area contributed by atoms with Gasteiger partial charge in [0, 0.05) is 67.8 Å². The van der Waals surface area contributed by atoms with Gasteiger partial charge in [-0.05, 0) is 57.0 Å². The number of nitrogens with two attached hydrogens (primary N) is 1. The van der Waals surface area contributed by atoms with Crippen molar-refractivity contribution in [2.24, 2.45) is 0 Å². The van der Waals surface area contributed by atoms with E-state index in [1.807, 2.05) is 32.0 Å². The van der Waals surface area contributed by atoms with Crippen LogP contribution >= 0.6 is 23.5 Å². The van der Waals surface area contributed by atoms with E-state index in [1.165, 1.54) is 35.4 Å². The molecule has 1 aliphatic heterocycles. The largest absolute Gasteiger partial charge is 0.490 e. The average Bonchev–Trinajstić information content (AvgIpc) is 3.82. The summed E-state index contributed by atoms with van der Waals surface area (Å²) in [5, 5.41) is 14.4. The van der Waals surface area contributed by atoms with Crippen molar-refractivity contribution < 1.29 is 83.0 Å². The molecule has 5 atom stereocenters. The summed E-state index contributed by atoms with van der Waals surface area (Å²) in [5.74, 6) is 5.49. The lowest BCUT2D eigenvalue weighted by atomic mass is 10.1. The van der Waals surface area contributed by atoms with Crippen LogP contribution in [0.15, 0.2) is 69.2 Å². The van der Waals surface area contributed by atoms with Crippen LogP contribution in [-0.2, 0) is 53.0 Å². The number of carbonyl (C=O) groups excluding carboxylic acids is 1. The first kappa shape index (κ1) is 53.2. The third kappa shape index (κ3) is 14.4. The molecule has 1 fully saturated rings. The summed E-state index contributed by atoms with van der Waals surface area (Å²) >= 11 is 0. The molecule has 1 amide bonds. The van der Waals surface area contributed by atoms with Crippen molar-refractivity contribution in [2.75, 3.05) is 36.9 Å².